The molecular formula is C19H27FN4. The van der Waals surface area contributed by atoms with Crippen molar-refractivity contribution < 1.29 is 4.39 Å². The number of hydrogen-bond donors (Lipinski definition) is 1. The molecule has 0 unspecified atom stereocenters. The molecule has 0 spiro atoms. The van der Waals surface area contributed by atoms with Gasteiger partial charge in [-0.15, -0.1) is 0 Å². The third-order valence-electron chi connectivity index (χ3n) is 4.62. The number of benzene rings is 1. The van der Waals surface area contributed by atoms with Gasteiger partial charge in [0.05, 0.1) is 0 Å². The van der Waals surface area contributed by atoms with Gasteiger partial charge in [0.25, 0.3) is 0 Å². The summed E-state index contributed by atoms with van der Waals surface area (Å²) in [7, 11) is 0. The monoisotopic (exact) mass is 330 g/mol. The summed E-state index contributed by atoms with van der Waals surface area (Å²) in [6.45, 7) is 7.22. The lowest BCUT2D eigenvalue weighted by molar-refractivity contribution is 0.282. The van der Waals surface area contributed by atoms with Crippen LogP contribution >= 0.6 is 0 Å². The number of rotatable bonds is 6. The number of unbranched alkanes of at least 4 members (excludes halogenated alkanes) is 1. The maximum atomic E-state index is 13.1. The normalized spacial score (nSPS) is 16.3. The molecule has 2 heterocycles. The second kappa shape index (κ2) is 8.29. The average Bonchev–Trinajstić information content (AvgIpc) is 2.90. The number of anilines is 1. The predicted molar refractivity (Wildman–Crippen MR) is 95.7 cm³/mol. The fraction of sp³-hybridized carbons (Fsp3) is 0.526. The lowest BCUT2D eigenvalue weighted by Gasteiger charge is -2.23. The van der Waals surface area contributed by atoms with Gasteiger partial charge in [-0.3, -0.25) is 4.90 Å². The molecule has 1 aliphatic heterocycles. The molecule has 1 aromatic heterocycles. The number of aromatic amines is 1. The summed E-state index contributed by atoms with van der Waals surface area (Å²) in [5.74, 6) is 0.933. The first-order chi connectivity index (χ1) is 11.7. The van der Waals surface area contributed by atoms with Gasteiger partial charge in [-0.1, -0.05) is 13.3 Å². The van der Waals surface area contributed by atoms with Gasteiger partial charge in [0, 0.05) is 56.7 Å². The van der Waals surface area contributed by atoms with Crippen LogP contribution in [0.4, 0.5) is 10.1 Å². The van der Waals surface area contributed by atoms with Gasteiger partial charge in [0.1, 0.15) is 11.6 Å². The molecule has 0 aliphatic carbocycles. The lowest BCUT2D eigenvalue weighted by Crippen LogP contribution is -2.30. The van der Waals surface area contributed by atoms with Crippen molar-refractivity contribution in [2.45, 2.75) is 39.2 Å². The Labute approximate surface area is 143 Å². The maximum absolute atomic E-state index is 13.1. The van der Waals surface area contributed by atoms with E-state index in [-0.39, 0.29) is 5.82 Å². The fourth-order valence-corrected chi connectivity index (χ4v) is 3.24. The second-order valence-corrected chi connectivity index (χ2v) is 6.55. The van der Waals surface area contributed by atoms with Gasteiger partial charge in [0.15, 0.2) is 0 Å². The molecular weight excluding hydrogens is 303 g/mol. The predicted octanol–water partition coefficient (Wildman–Crippen LogP) is 3.60. The first-order valence-corrected chi connectivity index (χ1v) is 9.00. The minimum absolute atomic E-state index is 0.173. The van der Waals surface area contributed by atoms with Gasteiger partial charge >= 0.3 is 0 Å². The molecule has 3 rings (SSSR count). The number of aromatic nitrogens is 2. The summed E-state index contributed by atoms with van der Waals surface area (Å²) in [6.07, 6.45) is 6.52. The molecule has 2 aromatic rings. The van der Waals surface area contributed by atoms with Crippen molar-refractivity contribution in [2.75, 3.05) is 31.1 Å². The van der Waals surface area contributed by atoms with Crippen LogP contribution in [0.5, 0.6) is 0 Å². The number of imidazole rings is 1. The number of nitrogens with one attached hydrogen (secondary N) is 1. The average molecular weight is 330 g/mol. The summed E-state index contributed by atoms with van der Waals surface area (Å²) < 4.78 is 13.1. The van der Waals surface area contributed by atoms with Crippen molar-refractivity contribution in [3.8, 4) is 0 Å². The molecule has 1 aromatic carbocycles. The van der Waals surface area contributed by atoms with Crippen molar-refractivity contribution in [3.63, 3.8) is 0 Å². The van der Waals surface area contributed by atoms with E-state index in [0.717, 1.165) is 57.1 Å². The van der Waals surface area contributed by atoms with E-state index in [1.54, 1.807) is 12.1 Å². The van der Waals surface area contributed by atoms with Crippen molar-refractivity contribution in [2.24, 2.45) is 0 Å². The van der Waals surface area contributed by atoms with Crippen LogP contribution in [0.25, 0.3) is 0 Å². The van der Waals surface area contributed by atoms with Crippen molar-refractivity contribution in [3.05, 3.63) is 47.8 Å². The van der Waals surface area contributed by atoms with Gasteiger partial charge < -0.3 is 9.88 Å². The Balaban J connectivity index is 1.53. The summed E-state index contributed by atoms with van der Waals surface area (Å²) in [5.41, 5.74) is 2.32. The molecule has 0 saturated carbocycles. The van der Waals surface area contributed by atoms with Crippen LogP contribution < -0.4 is 4.90 Å². The van der Waals surface area contributed by atoms with E-state index < -0.39 is 0 Å². The standard InChI is InChI=1S/C19H27FN4/c1-2-3-5-19-21-14-17(22-19)15-23-10-4-11-24(13-12-23)18-8-6-16(20)7-9-18/h6-9,14H,2-5,10-13,15H2,1H3,(H,21,22). The highest BCUT2D eigenvalue weighted by Gasteiger charge is 2.16. The summed E-state index contributed by atoms with van der Waals surface area (Å²) in [4.78, 5) is 12.8. The molecule has 1 aliphatic rings. The van der Waals surface area contributed by atoms with Gasteiger partial charge in [-0.05, 0) is 37.1 Å². The van der Waals surface area contributed by atoms with Crippen LogP contribution in [0.2, 0.25) is 0 Å². The van der Waals surface area contributed by atoms with Crippen LogP contribution in [0.3, 0.4) is 0 Å². The van der Waals surface area contributed by atoms with E-state index in [1.807, 2.05) is 18.3 Å². The SMILES string of the molecule is CCCCc1ncc(CN2CCCN(c3ccc(F)cc3)CC2)[nH]1. The Hall–Kier alpha value is -1.88. The molecule has 24 heavy (non-hydrogen) atoms. The quantitative estimate of drug-likeness (QED) is 0.879. The van der Waals surface area contributed by atoms with Crippen LogP contribution in [0.15, 0.2) is 30.5 Å². The van der Waals surface area contributed by atoms with Crippen LogP contribution in [0, 0.1) is 5.82 Å². The van der Waals surface area contributed by atoms with E-state index in [2.05, 4.69) is 26.7 Å². The minimum atomic E-state index is -0.173. The first kappa shape index (κ1) is 17.0. The van der Waals surface area contributed by atoms with Crippen molar-refractivity contribution in [1.82, 2.24) is 14.9 Å². The molecule has 0 amide bonds. The van der Waals surface area contributed by atoms with Crippen LogP contribution in [-0.2, 0) is 13.0 Å². The first-order valence-electron chi connectivity index (χ1n) is 9.00. The topological polar surface area (TPSA) is 35.2 Å². The second-order valence-electron chi connectivity index (χ2n) is 6.55. The Morgan fingerprint density at radius 3 is 2.75 bits per heavy atom. The smallest absolute Gasteiger partial charge is 0.123 e. The zero-order valence-electron chi connectivity index (χ0n) is 14.5. The zero-order chi connectivity index (χ0) is 16.8. The number of hydrogen-bond acceptors (Lipinski definition) is 3. The number of nitrogens with zero attached hydrogens (tertiary/aromatic N) is 3. The largest absolute Gasteiger partial charge is 0.370 e. The van der Waals surface area contributed by atoms with Crippen molar-refractivity contribution in [1.29, 1.82) is 0 Å². The fourth-order valence-electron chi connectivity index (χ4n) is 3.24. The molecule has 130 valence electrons. The molecule has 0 bridgehead atoms. The van der Waals surface area contributed by atoms with E-state index >= 15 is 0 Å². The highest BCUT2D eigenvalue weighted by Crippen LogP contribution is 2.17. The highest BCUT2D eigenvalue weighted by molar-refractivity contribution is 5.46. The lowest BCUT2D eigenvalue weighted by atomic mass is 10.2. The van der Waals surface area contributed by atoms with E-state index in [0.29, 0.717) is 0 Å². The molecule has 0 atom stereocenters. The summed E-state index contributed by atoms with van der Waals surface area (Å²) in [5, 5.41) is 0. The maximum Gasteiger partial charge on any atom is 0.123 e. The van der Waals surface area contributed by atoms with Gasteiger partial charge in [-0.2, -0.15) is 0 Å². The Morgan fingerprint density at radius 2 is 1.96 bits per heavy atom. The molecule has 5 heteroatoms. The van der Waals surface area contributed by atoms with E-state index in [9.17, 15) is 4.39 Å². The molecule has 1 saturated heterocycles. The number of halogens is 1. The van der Waals surface area contributed by atoms with Crippen LogP contribution in [-0.4, -0.2) is 41.0 Å². The molecule has 1 fully saturated rings. The summed E-state index contributed by atoms with van der Waals surface area (Å²) in [6, 6.07) is 6.83. The van der Waals surface area contributed by atoms with E-state index in [1.165, 1.54) is 18.5 Å². The molecule has 0 radical (unpaired) electrons. The third kappa shape index (κ3) is 4.57. The third-order valence-corrected chi connectivity index (χ3v) is 4.62. The zero-order valence-corrected chi connectivity index (χ0v) is 14.5. The Bertz CT molecular complexity index is 623. The van der Waals surface area contributed by atoms with Crippen LogP contribution in [0.1, 0.15) is 37.7 Å². The Kier molecular flexibility index (Phi) is 5.86. The summed E-state index contributed by atoms with van der Waals surface area (Å²) >= 11 is 0. The van der Waals surface area contributed by atoms with Gasteiger partial charge in [0.2, 0.25) is 0 Å². The van der Waals surface area contributed by atoms with E-state index in [4.69, 9.17) is 0 Å². The van der Waals surface area contributed by atoms with Gasteiger partial charge in [-0.25, -0.2) is 9.37 Å². The minimum Gasteiger partial charge on any atom is -0.370 e. The number of aryl methyl sites for hydroxylation is 1. The highest BCUT2D eigenvalue weighted by atomic mass is 19.1. The molecule has 4 nitrogen and oxygen atoms in total. The molecule has 1 N–H and O–H groups in total. The van der Waals surface area contributed by atoms with Crippen molar-refractivity contribution >= 4 is 5.69 Å². The Morgan fingerprint density at radius 1 is 1.12 bits per heavy atom. The number of H-pyrrole nitrogens is 1.